The third-order valence-electron chi connectivity index (χ3n) is 7.88. The van der Waals surface area contributed by atoms with E-state index in [1.165, 1.54) is 24.3 Å². The molecule has 3 N–H and O–H groups in total. The Bertz CT molecular complexity index is 1260. The predicted octanol–water partition coefficient (Wildman–Crippen LogP) is 1.90. The number of morpholine rings is 1. The van der Waals surface area contributed by atoms with Crippen LogP contribution in [0.4, 0.5) is 15.8 Å². The van der Waals surface area contributed by atoms with Gasteiger partial charge in [0.2, 0.25) is 5.91 Å². The molecule has 0 unspecified atom stereocenters. The fraction of sp³-hybridized carbons (Fsp3) is 0.462. The van der Waals surface area contributed by atoms with Crippen LogP contribution in [-0.2, 0) is 9.53 Å². The number of hydrogen-bond acceptors (Lipinski definition) is 7. The highest BCUT2D eigenvalue weighted by Crippen LogP contribution is 2.65. The SMILES string of the molecule is COc1c(C(=O)N2C[C@H]3[C@@H]([C@H]2C(=O)Nc2ccnc(C(N)=O)c2)C3(C)C)ccc(N2CCOCC2)c1F. The topological polar surface area (TPSA) is 127 Å². The molecule has 3 amide bonds. The lowest BCUT2D eigenvalue weighted by atomic mass is 9.99. The molecule has 3 aliphatic rings. The van der Waals surface area contributed by atoms with Crippen molar-refractivity contribution in [3.63, 3.8) is 0 Å². The summed E-state index contributed by atoms with van der Waals surface area (Å²) in [7, 11) is 1.33. The number of carbonyl (C=O) groups is 3. The maximum Gasteiger partial charge on any atom is 0.267 e. The van der Waals surface area contributed by atoms with E-state index in [4.69, 9.17) is 15.2 Å². The van der Waals surface area contributed by atoms with Crippen molar-refractivity contribution in [3.8, 4) is 5.75 Å². The zero-order valence-corrected chi connectivity index (χ0v) is 21.0. The number of pyridine rings is 1. The number of methoxy groups -OCH3 is 1. The number of halogens is 1. The lowest BCUT2D eigenvalue weighted by Crippen LogP contribution is -2.47. The zero-order chi connectivity index (χ0) is 26.5. The van der Waals surface area contributed by atoms with Crippen LogP contribution in [-0.4, -0.2) is 73.6 Å². The molecule has 37 heavy (non-hydrogen) atoms. The van der Waals surface area contributed by atoms with Gasteiger partial charge >= 0.3 is 0 Å². The summed E-state index contributed by atoms with van der Waals surface area (Å²) in [5.41, 5.74) is 5.96. The predicted molar refractivity (Wildman–Crippen MR) is 133 cm³/mol. The number of nitrogens with one attached hydrogen (secondary N) is 1. The van der Waals surface area contributed by atoms with Crippen LogP contribution in [0.1, 0.15) is 34.7 Å². The summed E-state index contributed by atoms with van der Waals surface area (Å²) in [6.45, 7) is 6.56. The molecule has 196 valence electrons. The number of likely N-dealkylation sites (tertiary alicyclic amines) is 1. The Labute approximate surface area is 213 Å². The summed E-state index contributed by atoms with van der Waals surface area (Å²) in [6, 6.07) is 5.29. The molecule has 0 radical (unpaired) electrons. The van der Waals surface area contributed by atoms with E-state index in [0.29, 0.717) is 44.2 Å². The molecule has 0 bridgehead atoms. The van der Waals surface area contributed by atoms with Crippen LogP contribution in [0.5, 0.6) is 5.75 Å². The summed E-state index contributed by atoms with van der Waals surface area (Å²) >= 11 is 0. The van der Waals surface area contributed by atoms with Crippen LogP contribution < -0.4 is 20.7 Å². The van der Waals surface area contributed by atoms with E-state index < -0.39 is 29.6 Å². The van der Waals surface area contributed by atoms with Gasteiger partial charge in [-0.15, -0.1) is 0 Å². The van der Waals surface area contributed by atoms with Crippen LogP contribution in [0.15, 0.2) is 30.5 Å². The second-order valence-electron chi connectivity index (χ2n) is 10.2. The number of ether oxygens (including phenoxy) is 2. The number of carbonyl (C=O) groups excluding carboxylic acids is 3. The molecule has 2 aromatic rings. The van der Waals surface area contributed by atoms with Crippen LogP contribution >= 0.6 is 0 Å². The van der Waals surface area contributed by atoms with Gasteiger partial charge in [0.25, 0.3) is 11.8 Å². The van der Waals surface area contributed by atoms with Gasteiger partial charge in [-0.1, -0.05) is 13.8 Å². The lowest BCUT2D eigenvalue weighted by molar-refractivity contribution is -0.120. The van der Waals surface area contributed by atoms with Crippen LogP contribution in [0.3, 0.4) is 0 Å². The van der Waals surface area contributed by atoms with E-state index >= 15 is 4.39 Å². The van der Waals surface area contributed by atoms with Crippen molar-refractivity contribution in [1.29, 1.82) is 0 Å². The molecular formula is C26H30FN5O5. The van der Waals surface area contributed by atoms with E-state index in [1.54, 1.807) is 18.2 Å². The summed E-state index contributed by atoms with van der Waals surface area (Å²) in [6.07, 6.45) is 1.38. The van der Waals surface area contributed by atoms with Crippen LogP contribution in [0, 0.1) is 23.1 Å². The number of benzene rings is 1. The lowest BCUT2D eigenvalue weighted by Gasteiger charge is -2.32. The molecule has 10 nitrogen and oxygen atoms in total. The molecule has 3 heterocycles. The number of amides is 3. The Hall–Kier alpha value is -3.73. The van der Waals surface area contributed by atoms with Crippen molar-refractivity contribution in [2.75, 3.05) is 50.2 Å². The summed E-state index contributed by atoms with van der Waals surface area (Å²) < 4.78 is 26.2. The standard InChI is InChI=1S/C26H30FN5O5/c1-26(2)16-13-32(21(19(16)26)24(34)30-14-6-7-29-17(12-14)23(28)33)25(35)15-4-5-18(20(27)22(15)36-3)31-8-10-37-11-9-31/h4-7,12,16,19,21H,8-11,13H2,1-3H3,(H2,28,33)(H,29,30,34)/t16-,19-,21-/m0/s1. The molecule has 5 rings (SSSR count). The summed E-state index contributed by atoms with van der Waals surface area (Å²) in [5.74, 6) is -2.26. The maximum absolute atomic E-state index is 15.5. The fourth-order valence-corrected chi connectivity index (χ4v) is 5.77. The second-order valence-corrected chi connectivity index (χ2v) is 10.2. The van der Waals surface area contributed by atoms with Crippen LogP contribution in [0.25, 0.3) is 0 Å². The van der Waals surface area contributed by atoms with Crippen molar-refractivity contribution < 1.29 is 28.2 Å². The highest BCUT2D eigenvalue weighted by molar-refractivity contribution is 6.04. The first-order valence-corrected chi connectivity index (χ1v) is 12.2. The van der Waals surface area contributed by atoms with E-state index in [-0.39, 0.29) is 34.3 Å². The van der Waals surface area contributed by atoms with Gasteiger partial charge in [0, 0.05) is 31.5 Å². The molecule has 11 heteroatoms. The van der Waals surface area contributed by atoms with Crippen molar-refractivity contribution >= 4 is 29.1 Å². The number of aromatic nitrogens is 1. The summed E-state index contributed by atoms with van der Waals surface area (Å²) in [5, 5.41) is 2.80. The molecule has 1 saturated carbocycles. The van der Waals surface area contributed by atoms with Gasteiger partial charge in [-0.25, -0.2) is 4.39 Å². The number of primary amides is 1. The van der Waals surface area contributed by atoms with Crippen molar-refractivity contribution in [2.24, 2.45) is 23.0 Å². The largest absolute Gasteiger partial charge is 0.493 e. The maximum atomic E-state index is 15.5. The Morgan fingerprint density at radius 2 is 1.95 bits per heavy atom. The van der Waals surface area contributed by atoms with Gasteiger partial charge in [0.05, 0.1) is 31.6 Å². The van der Waals surface area contributed by atoms with Crippen molar-refractivity contribution in [2.45, 2.75) is 19.9 Å². The van der Waals surface area contributed by atoms with Crippen LogP contribution in [0.2, 0.25) is 0 Å². The van der Waals surface area contributed by atoms with Crippen molar-refractivity contribution in [3.05, 3.63) is 47.5 Å². The Morgan fingerprint density at radius 3 is 2.62 bits per heavy atom. The third kappa shape index (κ3) is 4.26. The van der Waals surface area contributed by atoms with Gasteiger partial charge < -0.3 is 30.3 Å². The first-order valence-electron chi connectivity index (χ1n) is 12.2. The quantitative estimate of drug-likeness (QED) is 0.606. The molecule has 3 fully saturated rings. The first kappa shape index (κ1) is 24.9. The molecule has 0 spiro atoms. The number of fused-ring (bicyclic) bond motifs is 1. The molecule has 1 aliphatic carbocycles. The highest BCUT2D eigenvalue weighted by atomic mass is 19.1. The Morgan fingerprint density at radius 1 is 1.22 bits per heavy atom. The highest BCUT2D eigenvalue weighted by Gasteiger charge is 2.69. The minimum Gasteiger partial charge on any atom is -0.493 e. The van der Waals surface area contributed by atoms with Crippen molar-refractivity contribution in [1.82, 2.24) is 9.88 Å². The average molecular weight is 512 g/mol. The third-order valence-corrected chi connectivity index (χ3v) is 7.88. The van der Waals surface area contributed by atoms with Gasteiger partial charge in [-0.05, 0) is 41.5 Å². The molecule has 2 aliphatic heterocycles. The van der Waals surface area contributed by atoms with Gasteiger partial charge in [-0.2, -0.15) is 0 Å². The number of piperidine rings is 1. The second kappa shape index (κ2) is 9.29. The number of nitrogens with zero attached hydrogens (tertiary/aromatic N) is 3. The molecule has 1 aromatic carbocycles. The Kier molecular flexibility index (Phi) is 6.26. The molecule has 1 aromatic heterocycles. The van der Waals surface area contributed by atoms with E-state index in [9.17, 15) is 14.4 Å². The Balaban J connectivity index is 1.43. The monoisotopic (exact) mass is 511 g/mol. The van der Waals surface area contributed by atoms with Gasteiger partial charge in [0.1, 0.15) is 11.7 Å². The number of rotatable bonds is 6. The number of nitrogens with two attached hydrogens (primary N) is 1. The minimum absolute atomic E-state index is 0.0161. The number of hydrogen-bond donors (Lipinski definition) is 2. The molecule has 3 atom stereocenters. The minimum atomic E-state index is -0.774. The smallest absolute Gasteiger partial charge is 0.267 e. The van der Waals surface area contributed by atoms with E-state index in [2.05, 4.69) is 24.1 Å². The molecular weight excluding hydrogens is 481 g/mol. The zero-order valence-electron chi connectivity index (χ0n) is 21.0. The normalized spacial score (nSPS) is 23.8. The van der Waals surface area contributed by atoms with Gasteiger partial charge in [-0.3, -0.25) is 19.4 Å². The first-order chi connectivity index (χ1) is 17.6. The van der Waals surface area contributed by atoms with E-state index in [0.717, 1.165) is 0 Å². The molecule has 2 saturated heterocycles. The van der Waals surface area contributed by atoms with E-state index in [1.807, 2.05) is 4.90 Å². The summed E-state index contributed by atoms with van der Waals surface area (Å²) in [4.78, 5) is 46.0. The van der Waals surface area contributed by atoms with Gasteiger partial charge in [0.15, 0.2) is 11.6 Å². The number of anilines is 2. The average Bonchev–Trinajstić information content (AvgIpc) is 3.21. The fourth-order valence-electron chi connectivity index (χ4n) is 5.77.